The number of hydrogen-bond acceptors (Lipinski definition) is 2. The van der Waals surface area contributed by atoms with Gasteiger partial charge in [-0.2, -0.15) is 0 Å². The minimum atomic E-state index is 0.0313. The van der Waals surface area contributed by atoms with Gasteiger partial charge in [0.15, 0.2) is 0 Å². The Morgan fingerprint density at radius 1 is 1.62 bits per heavy atom. The van der Waals surface area contributed by atoms with Crippen LogP contribution < -0.4 is 5.32 Å². The number of benzene rings is 1. The zero-order chi connectivity index (χ0) is 9.84. The molecule has 68 valence electrons. The molecule has 0 aromatic heterocycles. The summed E-state index contributed by atoms with van der Waals surface area (Å²) in [5.41, 5.74) is 0.731. The van der Waals surface area contributed by atoms with Gasteiger partial charge in [-0.25, -0.2) is 0 Å². The third-order valence-corrected chi connectivity index (χ3v) is 1.75. The van der Waals surface area contributed by atoms with E-state index >= 15 is 0 Å². The molecule has 1 aromatic rings. The number of rotatable bonds is 3. The molecule has 0 radical (unpaired) electrons. The van der Waals surface area contributed by atoms with Crippen molar-refractivity contribution in [3.05, 3.63) is 35.4 Å². The van der Waals surface area contributed by atoms with Gasteiger partial charge in [-0.15, -0.1) is 0 Å². The first-order valence-corrected chi connectivity index (χ1v) is 3.91. The highest BCUT2D eigenvalue weighted by molar-refractivity contribution is 6.30. The molecule has 4 heteroatoms. The molecule has 0 spiro atoms. The van der Waals surface area contributed by atoms with Gasteiger partial charge in [0, 0.05) is 16.3 Å². The molecule has 3 nitrogen and oxygen atoms in total. The summed E-state index contributed by atoms with van der Waals surface area (Å²) in [5, 5.41) is 12.2. The first kappa shape index (κ1) is 9.61. The maximum Gasteiger partial charge on any atom is 0.211 e. The van der Waals surface area contributed by atoms with Crippen molar-refractivity contribution in [3.63, 3.8) is 0 Å². The maximum atomic E-state index is 10.1. The van der Waals surface area contributed by atoms with Crippen LogP contribution in [0.1, 0.15) is 5.56 Å². The summed E-state index contributed by atoms with van der Waals surface area (Å²) in [6, 6.07) is 4.51. The lowest BCUT2D eigenvalue weighted by Gasteiger charge is -2.06. The molecule has 13 heavy (non-hydrogen) atoms. The maximum absolute atomic E-state index is 10.1. The minimum absolute atomic E-state index is 0.0313. The topological polar surface area (TPSA) is 49.3 Å². The summed E-state index contributed by atoms with van der Waals surface area (Å²) in [6.07, 6.45) is 0.489. The number of halogens is 1. The number of phenols is 1. The van der Waals surface area contributed by atoms with Crippen LogP contribution in [0, 0.1) is 0 Å². The zero-order valence-corrected chi connectivity index (χ0v) is 7.51. The third-order valence-electron chi connectivity index (χ3n) is 1.52. The molecular weight excluding hydrogens is 190 g/mol. The van der Waals surface area contributed by atoms with Crippen molar-refractivity contribution in [1.29, 1.82) is 0 Å². The highest BCUT2D eigenvalue weighted by Crippen LogP contribution is 2.25. The van der Waals surface area contributed by atoms with Gasteiger partial charge >= 0.3 is 0 Å². The molecule has 0 heterocycles. The fourth-order valence-electron chi connectivity index (χ4n) is 0.899. The highest BCUT2D eigenvalue weighted by Gasteiger charge is 2.04. The number of hydrogen-bond donors (Lipinski definition) is 2. The minimum Gasteiger partial charge on any atom is -0.507 e. The Morgan fingerprint density at radius 2 is 2.31 bits per heavy atom. The molecule has 1 rings (SSSR count). The van der Waals surface area contributed by atoms with Crippen molar-refractivity contribution in [3.8, 4) is 5.75 Å². The summed E-state index contributed by atoms with van der Waals surface area (Å²) >= 11 is 5.69. The summed E-state index contributed by atoms with van der Waals surface area (Å²) in [6.45, 7) is 3.56. The summed E-state index contributed by atoms with van der Waals surface area (Å²) in [7, 11) is 0. The molecule has 0 aliphatic heterocycles. The van der Waals surface area contributed by atoms with Gasteiger partial charge in [0.1, 0.15) is 5.75 Å². The highest BCUT2D eigenvalue weighted by atomic mass is 35.5. The molecule has 0 bridgehead atoms. The first-order valence-electron chi connectivity index (χ1n) is 3.53. The van der Waals surface area contributed by atoms with Gasteiger partial charge in [-0.05, 0) is 18.2 Å². The van der Waals surface area contributed by atoms with Gasteiger partial charge in [-0.3, -0.25) is 4.79 Å². The Kier molecular flexibility index (Phi) is 2.93. The normalized spacial score (nSPS) is 9.31. The van der Waals surface area contributed by atoms with Crippen molar-refractivity contribution in [1.82, 2.24) is 5.32 Å². The number of carbonyl (C=O) groups excluding carboxylic acids is 1. The number of amides is 1. The molecule has 0 saturated heterocycles. The van der Waals surface area contributed by atoms with Crippen molar-refractivity contribution in [2.24, 2.45) is 0 Å². The van der Waals surface area contributed by atoms with E-state index in [-0.39, 0.29) is 5.75 Å². The second-order valence-corrected chi connectivity index (χ2v) is 2.84. The van der Waals surface area contributed by atoms with Gasteiger partial charge in [0.05, 0.1) is 0 Å². The lowest BCUT2D eigenvalue weighted by Crippen LogP contribution is -2.07. The lowest BCUT2D eigenvalue weighted by molar-refractivity contribution is -0.108. The number of carbonyl (C=O) groups is 1. The van der Waals surface area contributed by atoms with Crippen molar-refractivity contribution in [2.45, 2.75) is 0 Å². The molecule has 0 atom stereocenters. The van der Waals surface area contributed by atoms with E-state index < -0.39 is 0 Å². The van der Waals surface area contributed by atoms with Crippen LogP contribution in [-0.2, 0) is 4.79 Å². The number of phenolic OH excluding ortho intramolecular Hbond substituents is 1. The van der Waals surface area contributed by atoms with Crippen molar-refractivity contribution >= 4 is 23.7 Å². The molecule has 1 amide bonds. The average Bonchev–Trinajstić information content (AvgIpc) is 2.09. The predicted molar refractivity (Wildman–Crippen MR) is 51.4 cm³/mol. The van der Waals surface area contributed by atoms with E-state index in [1.807, 2.05) is 0 Å². The van der Waals surface area contributed by atoms with Crippen LogP contribution >= 0.6 is 11.6 Å². The second-order valence-electron chi connectivity index (χ2n) is 2.40. The molecule has 0 fully saturated rings. The molecule has 0 unspecified atom stereocenters. The van der Waals surface area contributed by atoms with E-state index in [4.69, 9.17) is 11.6 Å². The van der Waals surface area contributed by atoms with Crippen LogP contribution in [-0.4, -0.2) is 11.5 Å². The van der Waals surface area contributed by atoms with Gasteiger partial charge in [-0.1, -0.05) is 18.2 Å². The van der Waals surface area contributed by atoms with E-state index in [9.17, 15) is 9.90 Å². The predicted octanol–water partition coefficient (Wildman–Crippen LogP) is 1.76. The molecule has 1 aromatic carbocycles. The van der Waals surface area contributed by atoms with Gasteiger partial charge in [0.2, 0.25) is 6.41 Å². The molecule has 2 N–H and O–H groups in total. The SMILES string of the molecule is C=C(NC=O)c1cc(Cl)ccc1O. The standard InChI is InChI=1S/C9H8ClNO2/c1-6(11-5-12)8-4-7(10)2-3-9(8)13/h2-5,13H,1H2,(H,11,12). The van der Waals surface area contributed by atoms with E-state index in [2.05, 4.69) is 11.9 Å². The summed E-state index contributed by atoms with van der Waals surface area (Å²) in [5.74, 6) is 0.0313. The van der Waals surface area contributed by atoms with Crippen LogP contribution in [0.5, 0.6) is 5.75 Å². The van der Waals surface area contributed by atoms with Crippen LogP contribution in [0.4, 0.5) is 0 Å². The van der Waals surface area contributed by atoms with E-state index in [1.165, 1.54) is 12.1 Å². The fourth-order valence-corrected chi connectivity index (χ4v) is 1.07. The van der Waals surface area contributed by atoms with E-state index in [0.29, 0.717) is 22.7 Å². The van der Waals surface area contributed by atoms with Crippen LogP contribution in [0.25, 0.3) is 5.70 Å². The first-order chi connectivity index (χ1) is 6.15. The Hall–Kier alpha value is -1.48. The molecule has 0 saturated carbocycles. The smallest absolute Gasteiger partial charge is 0.211 e. The molecule has 0 aliphatic carbocycles. The van der Waals surface area contributed by atoms with Crippen LogP contribution in [0.2, 0.25) is 5.02 Å². The Labute approximate surface area is 80.6 Å². The van der Waals surface area contributed by atoms with Gasteiger partial charge in [0.25, 0.3) is 0 Å². The average molecular weight is 198 g/mol. The summed E-state index contributed by atoms with van der Waals surface area (Å²) in [4.78, 5) is 10.1. The zero-order valence-electron chi connectivity index (χ0n) is 6.75. The van der Waals surface area contributed by atoms with Crippen molar-refractivity contribution < 1.29 is 9.90 Å². The molecule has 0 aliphatic rings. The largest absolute Gasteiger partial charge is 0.507 e. The van der Waals surface area contributed by atoms with E-state index in [1.54, 1.807) is 6.07 Å². The fraction of sp³-hybridized carbons (Fsp3) is 0. The monoisotopic (exact) mass is 197 g/mol. The lowest BCUT2D eigenvalue weighted by atomic mass is 10.1. The number of aromatic hydroxyl groups is 1. The quantitative estimate of drug-likeness (QED) is 0.726. The van der Waals surface area contributed by atoms with Gasteiger partial charge < -0.3 is 10.4 Å². The Morgan fingerprint density at radius 3 is 2.92 bits per heavy atom. The molecular formula is C9H8ClNO2. The Bertz CT molecular complexity index is 349. The second kappa shape index (κ2) is 3.96. The van der Waals surface area contributed by atoms with Crippen LogP contribution in [0.3, 0.4) is 0 Å². The summed E-state index contributed by atoms with van der Waals surface area (Å²) < 4.78 is 0. The number of nitrogens with one attached hydrogen (secondary N) is 1. The Balaban J connectivity index is 3.05. The van der Waals surface area contributed by atoms with Crippen molar-refractivity contribution in [2.75, 3.05) is 0 Å². The third kappa shape index (κ3) is 2.23. The van der Waals surface area contributed by atoms with Crippen LogP contribution in [0.15, 0.2) is 24.8 Å². The van der Waals surface area contributed by atoms with E-state index in [0.717, 1.165) is 0 Å².